The number of nitrogen functional groups attached to an aromatic ring is 1. The topological polar surface area (TPSA) is 275 Å². The first-order valence-electron chi connectivity index (χ1n) is 21.7. The Bertz CT molecular complexity index is 2860. The monoisotopic (exact) mass is 889 g/mol. The van der Waals surface area contributed by atoms with E-state index in [0.29, 0.717) is 70.2 Å². The van der Waals surface area contributed by atoms with Gasteiger partial charge in [0.2, 0.25) is 23.7 Å². The third-order valence-electron chi connectivity index (χ3n) is 12.4. The van der Waals surface area contributed by atoms with E-state index < -0.39 is 23.6 Å². The molecule has 9 N–H and O–H groups in total. The number of nitrogens with zero attached hydrogens (tertiary/aromatic N) is 9. The molecule has 2 aliphatic heterocycles. The van der Waals surface area contributed by atoms with Crippen LogP contribution in [0.5, 0.6) is 5.75 Å². The molecule has 0 aliphatic carbocycles. The smallest absolute Gasteiger partial charge is 0.278 e. The second kappa shape index (κ2) is 18.1. The predicted octanol–water partition coefficient (Wildman–Crippen LogP) is 3.65. The molecule has 1 spiro atoms. The first-order valence-corrected chi connectivity index (χ1v) is 21.7. The van der Waals surface area contributed by atoms with Gasteiger partial charge in [-0.3, -0.25) is 44.1 Å². The molecule has 2 fully saturated rings. The highest BCUT2D eigenvalue weighted by atomic mass is 16.5. The fourth-order valence-electron chi connectivity index (χ4n) is 8.92. The minimum Gasteiger partial charge on any atom is -0.494 e. The molecule has 2 aromatic carbocycles. The number of amides is 4. The van der Waals surface area contributed by atoms with Gasteiger partial charge in [0.25, 0.3) is 11.8 Å². The quantitative estimate of drug-likeness (QED) is 0.0715. The number of aryl methyl sites for hydroxylation is 4. The van der Waals surface area contributed by atoms with Crippen molar-refractivity contribution in [3.63, 3.8) is 0 Å². The van der Waals surface area contributed by atoms with Crippen molar-refractivity contribution in [2.24, 2.45) is 11.5 Å². The number of nitrogens with one attached hydrogen (secondary N) is 3. The van der Waals surface area contributed by atoms with Crippen LogP contribution in [0.2, 0.25) is 0 Å². The third kappa shape index (κ3) is 8.46. The Kier molecular flexibility index (Phi) is 12.3. The van der Waals surface area contributed by atoms with Gasteiger partial charge in [-0.05, 0) is 77.3 Å². The lowest BCUT2D eigenvalue weighted by Gasteiger charge is -2.55. The summed E-state index contributed by atoms with van der Waals surface area (Å²) in [6.45, 7) is 12.4. The van der Waals surface area contributed by atoms with Crippen LogP contribution < -0.4 is 37.9 Å². The van der Waals surface area contributed by atoms with Crippen molar-refractivity contribution in [1.82, 2.24) is 43.6 Å². The molecular weight excluding hydrogens is 835 g/mol. The van der Waals surface area contributed by atoms with Crippen LogP contribution in [0.4, 0.5) is 23.3 Å². The molecular formula is C44H55N15O6. The van der Waals surface area contributed by atoms with Crippen molar-refractivity contribution in [3.05, 3.63) is 76.4 Å². The zero-order valence-electron chi connectivity index (χ0n) is 37.2. The number of anilines is 4. The van der Waals surface area contributed by atoms with E-state index in [4.69, 9.17) is 36.6 Å². The molecule has 2 aliphatic rings. The molecule has 21 heteroatoms. The van der Waals surface area contributed by atoms with Crippen LogP contribution in [0.15, 0.2) is 42.5 Å². The van der Waals surface area contributed by atoms with E-state index in [-0.39, 0.29) is 53.0 Å². The summed E-state index contributed by atoms with van der Waals surface area (Å²) in [5, 5.41) is 18.3. The summed E-state index contributed by atoms with van der Waals surface area (Å²) in [5.41, 5.74) is 22.9. The van der Waals surface area contributed by atoms with E-state index in [1.165, 1.54) is 23.9 Å². The molecule has 6 aromatic rings. The average molecular weight is 890 g/mol. The number of aromatic nitrogens is 8. The number of hydrogen-bond acceptors (Lipinski definition) is 13. The Morgan fingerprint density at radius 2 is 1.43 bits per heavy atom. The van der Waals surface area contributed by atoms with Crippen LogP contribution in [0.1, 0.15) is 86.2 Å². The maximum atomic E-state index is 13.9. The number of methoxy groups -OCH3 is 1. The van der Waals surface area contributed by atoms with Crippen molar-refractivity contribution >= 4 is 69.0 Å². The Hall–Kier alpha value is -7.26. The van der Waals surface area contributed by atoms with E-state index in [9.17, 15) is 19.2 Å². The summed E-state index contributed by atoms with van der Waals surface area (Å²) < 4.78 is 18.1. The number of imidazole rings is 2. The minimum atomic E-state index is -0.675. The van der Waals surface area contributed by atoms with Gasteiger partial charge in [-0.25, -0.2) is 9.97 Å². The molecule has 4 aromatic heterocycles. The molecule has 0 saturated carbocycles. The number of allylic oxidation sites excluding steroid dienone is 2. The highest BCUT2D eigenvalue weighted by Gasteiger charge is 2.45. The third-order valence-corrected chi connectivity index (χ3v) is 12.4. The lowest BCUT2D eigenvalue weighted by molar-refractivity contribution is -0.0873. The Labute approximate surface area is 374 Å². The molecule has 65 heavy (non-hydrogen) atoms. The largest absolute Gasteiger partial charge is 0.494 e. The SMILES string of the molecule is CCn1nc(C)cc1C(=O)Nc1nc2cc(C(N)=O)cc(NCCN3CCC34CCOCC4)c2n1C/C=C/Cn1c(NC(=O)c2c(N)c(C)nn2CC)nc2cc(C(N)=O)cc(OC)c21. The standard InChI is InChI=1S/C44H55N15O6/c1-6-58-32(20-25(3)53-58)40(62)51-42-49-30-22-27(38(46)60)21-29(48-13-17-55-16-10-44(55)11-18-65-19-12-44)35(30)56(42)14-8-9-15-57-36-31(23-28(39(47)61)24-33(36)64-5)50-43(57)52-41(63)37-34(45)26(4)54-59(37)7-2/h8-9,20-24,48H,6-7,10-19,45H2,1-5H3,(H2,46,60)(H2,47,61)(H,49,51,62)(H,50,52,63)/b9-8+. The van der Waals surface area contributed by atoms with Crippen LogP contribution in [-0.2, 0) is 30.9 Å². The molecule has 8 rings (SSSR count). The number of nitrogens with two attached hydrogens (primary N) is 3. The number of carbonyl (C=O) groups excluding carboxylic acids is 4. The van der Waals surface area contributed by atoms with Crippen molar-refractivity contribution in [2.75, 3.05) is 61.6 Å². The van der Waals surface area contributed by atoms with E-state index in [2.05, 4.69) is 31.0 Å². The van der Waals surface area contributed by atoms with E-state index >= 15 is 0 Å². The van der Waals surface area contributed by atoms with Gasteiger partial charge < -0.3 is 41.1 Å². The van der Waals surface area contributed by atoms with Gasteiger partial charge >= 0.3 is 0 Å². The molecule has 21 nitrogen and oxygen atoms in total. The zero-order valence-corrected chi connectivity index (χ0v) is 37.2. The number of primary amides is 2. The molecule has 0 atom stereocenters. The Balaban J connectivity index is 1.16. The van der Waals surface area contributed by atoms with E-state index in [0.717, 1.165) is 45.6 Å². The lowest BCUT2D eigenvalue weighted by atomic mass is 9.78. The van der Waals surface area contributed by atoms with Gasteiger partial charge in [0, 0.05) is 75.7 Å². The normalized spacial score (nSPS) is 14.9. The number of hydrogen-bond donors (Lipinski definition) is 6. The van der Waals surface area contributed by atoms with Crippen LogP contribution in [-0.4, -0.2) is 113 Å². The van der Waals surface area contributed by atoms with Crippen LogP contribution in [0.25, 0.3) is 22.1 Å². The van der Waals surface area contributed by atoms with Crippen LogP contribution in [0.3, 0.4) is 0 Å². The molecule has 0 bridgehead atoms. The first kappa shape index (κ1) is 44.4. The summed E-state index contributed by atoms with van der Waals surface area (Å²) in [7, 11) is 1.46. The van der Waals surface area contributed by atoms with Gasteiger partial charge in [-0.1, -0.05) is 12.2 Å². The number of rotatable bonds is 17. The van der Waals surface area contributed by atoms with Gasteiger partial charge in [0.15, 0.2) is 0 Å². The molecule has 6 heterocycles. The van der Waals surface area contributed by atoms with Crippen LogP contribution in [0, 0.1) is 13.8 Å². The maximum Gasteiger partial charge on any atom is 0.278 e. The first-order chi connectivity index (χ1) is 31.2. The molecule has 4 amide bonds. The molecule has 342 valence electrons. The fraction of sp³-hybridized carbons (Fsp3) is 0.409. The zero-order chi connectivity index (χ0) is 46.2. The average Bonchev–Trinajstić information content (AvgIpc) is 4.03. The number of ether oxygens (including phenoxy) is 2. The molecule has 0 unspecified atom stereocenters. The van der Waals surface area contributed by atoms with Gasteiger partial charge in [-0.2, -0.15) is 10.2 Å². The van der Waals surface area contributed by atoms with Crippen LogP contribution >= 0.6 is 0 Å². The highest BCUT2D eigenvalue weighted by molar-refractivity contribution is 6.08. The van der Waals surface area contributed by atoms with Gasteiger partial charge in [0.05, 0.1) is 46.4 Å². The molecule has 2 saturated heterocycles. The Morgan fingerprint density at radius 3 is 2.03 bits per heavy atom. The summed E-state index contributed by atoms with van der Waals surface area (Å²) >= 11 is 0. The summed E-state index contributed by atoms with van der Waals surface area (Å²) in [4.78, 5) is 64.8. The number of fused-ring (bicyclic) bond motifs is 2. The summed E-state index contributed by atoms with van der Waals surface area (Å²) in [6.07, 6.45) is 6.87. The predicted molar refractivity (Wildman–Crippen MR) is 245 cm³/mol. The maximum absolute atomic E-state index is 13.9. The fourth-order valence-corrected chi connectivity index (χ4v) is 8.92. The highest BCUT2D eigenvalue weighted by Crippen LogP contribution is 2.39. The van der Waals surface area contributed by atoms with E-state index in [1.54, 1.807) is 34.4 Å². The number of carbonyl (C=O) groups is 4. The Morgan fingerprint density at radius 1 is 0.815 bits per heavy atom. The van der Waals surface area contributed by atoms with Crippen molar-refractivity contribution in [2.45, 2.75) is 78.7 Å². The molecule has 0 radical (unpaired) electrons. The summed E-state index contributed by atoms with van der Waals surface area (Å²) in [5.74, 6) is -1.55. The van der Waals surface area contributed by atoms with Crippen molar-refractivity contribution < 1.29 is 28.7 Å². The number of benzene rings is 2. The lowest BCUT2D eigenvalue weighted by Crippen LogP contribution is -2.62. The second-order valence-corrected chi connectivity index (χ2v) is 16.3. The minimum absolute atomic E-state index is 0.148. The van der Waals surface area contributed by atoms with Gasteiger partial charge in [0.1, 0.15) is 22.7 Å². The number of likely N-dealkylation sites (tertiary alicyclic amines) is 1. The van der Waals surface area contributed by atoms with Crippen molar-refractivity contribution in [3.8, 4) is 5.75 Å². The second-order valence-electron chi connectivity index (χ2n) is 16.3. The van der Waals surface area contributed by atoms with E-state index in [1.807, 2.05) is 37.5 Å². The van der Waals surface area contributed by atoms with Gasteiger partial charge in [-0.15, -0.1) is 0 Å². The summed E-state index contributed by atoms with van der Waals surface area (Å²) in [6, 6.07) is 8.09. The van der Waals surface area contributed by atoms with Crippen molar-refractivity contribution in [1.29, 1.82) is 0 Å².